The summed E-state index contributed by atoms with van der Waals surface area (Å²) >= 11 is 1.72. The molecule has 1 aliphatic heterocycles. The lowest BCUT2D eigenvalue weighted by atomic mass is 10.0. The number of pyridine rings is 1. The number of carbonyl (C=O) groups excluding carboxylic acids is 1. The number of carbonyl (C=O) groups is 1. The first-order valence-corrected chi connectivity index (χ1v) is 7.03. The van der Waals surface area contributed by atoms with Crippen LogP contribution < -0.4 is 0 Å². The van der Waals surface area contributed by atoms with Crippen molar-refractivity contribution in [3.05, 3.63) is 51.7 Å². The fraction of sp³-hybridized carbons (Fsp3) is 0.286. The third-order valence-electron chi connectivity index (χ3n) is 3.54. The molecule has 0 aromatic carbocycles. The Morgan fingerprint density at radius 3 is 3.16 bits per heavy atom. The van der Waals surface area contributed by atoms with Gasteiger partial charge >= 0.3 is 0 Å². The number of nitrogens with zero attached hydrogens (tertiary/aromatic N) is 2. The lowest BCUT2D eigenvalue weighted by molar-refractivity contribution is 0.0674. The maximum absolute atomic E-state index is 13.7. The first kappa shape index (κ1) is 12.3. The molecule has 98 valence electrons. The van der Waals surface area contributed by atoms with E-state index >= 15 is 0 Å². The lowest BCUT2D eigenvalue weighted by Gasteiger charge is -2.33. The van der Waals surface area contributed by atoms with Crippen molar-refractivity contribution in [3.8, 4) is 0 Å². The zero-order chi connectivity index (χ0) is 13.4. The molecule has 0 spiro atoms. The van der Waals surface area contributed by atoms with Gasteiger partial charge in [0.25, 0.3) is 5.91 Å². The van der Waals surface area contributed by atoms with Gasteiger partial charge in [0, 0.05) is 17.6 Å². The van der Waals surface area contributed by atoms with Crippen LogP contribution in [0.4, 0.5) is 4.39 Å². The van der Waals surface area contributed by atoms with Gasteiger partial charge in [-0.15, -0.1) is 11.3 Å². The van der Waals surface area contributed by atoms with E-state index in [0.717, 1.165) is 12.6 Å². The summed E-state index contributed by atoms with van der Waals surface area (Å²) in [4.78, 5) is 19.2. The Morgan fingerprint density at radius 1 is 1.53 bits per heavy atom. The summed E-state index contributed by atoms with van der Waals surface area (Å²) in [5.41, 5.74) is 1.28. The van der Waals surface area contributed by atoms with E-state index in [1.165, 1.54) is 22.7 Å². The van der Waals surface area contributed by atoms with Crippen molar-refractivity contribution >= 4 is 17.2 Å². The number of thiophene rings is 1. The summed E-state index contributed by atoms with van der Waals surface area (Å²) in [5, 5.41) is 2.04. The average Bonchev–Trinajstić information content (AvgIpc) is 2.88. The molecule has 0 saturated heterocycles. The molecule has 1 atom stereocenters. The minimum Gasteiger partial charge on any atom is -0.331 e. The molecule has 1 amide bonds. The van der Waals surface area contributed by atoms with Crippen LogP contribution in [0, 0.1) is 5.82 Å². The van der Waals surface area contributed by atoms with Gasteiger partial charge in [-0.2, -0.15) is 0 Å². The highest BCUT2D eigenvalue weighted by Crippen LogP contribution is 2.33. The minimum atomic E-state index is -0.559. The predicted molar refractivity (Wildman–Crippen MR) is 71.7 cm³/mol. The van der Waals surface area contributed by atoms with Gasteiger partial charge in [0.1, 0.15) is 0 Å². The summed E-state index contributed by atoms with van der Waals surface area (Å²) in [5.74, 6) is -0.819. The first-order chi connectivity index (χ1) is 9.18. The molecule has 2 aromatic heterocycles. The fourth-order valence-electron chi connectivity index (χ4n) is 2.49. The molecule has 3 nitrogen and oxygen atoms in total. The number of aromatic nitrogens is 1. The minimum absolute atomic E-state index is 0.00457. The van der Waals surface area contributed by atoms with E-state index in [1.54, 1.807) is 16.2 Å². The van der Waals surface area contributed by atoms with Crippen molar-refractivity contribution in [3.63, 3.8) is 0 Å². The van der Waals surface area contributed by atoms with Gasteiger partial charge in [0.05, 0.1) is 17.8 Å². The van der Waals surface area contributed by atoms with Crippen LogP contribution in [0.15, 0.2) is 29.9 Å². The van der Waals surface area contributed by atoms with E-state index in [0.29, 0.717) is 6.54 Å². The molecule has 0 N–H and O–H groups in total. The van der Waals surface area contributed by atoms with Gasteiger partial charge in [-0.3, -0.25) is 9.78 Å². The predicted octanol–water partition coefficient (Wildman–Crippen LogP) is 3.04. The topological polar surface area (TPSA) is 33.2 Å². The van der Waals surface area contributed by atoms with Crippen LogP contribution in [0.2, 0.25) is 0 Å². The second kappa shape index (κ2) is 4.74. The quantitative estimate of drug-likeness (QED) is 0.802. The first-order valence-electron chi connectivity index (χ1n) is 6.15. The highest BCUT2D eigenvalue weighted by atomic mass is 32.1. The molecule has 5 heteroatoms. The van der Waals surface area contributed by atoms with Gasteiger partial charge in [0.2, 0.25) is 0 Å². The molecule has 0 saturated carbocycles. The maximum atomic E-state index is 13.7. The SMILES string of the molecule is CC1c2ccsc2CCN1C(=O)c1ccncc1F. The molecular weight excluding hydrogens is 263 g/mol. The highest BCUT2D eigenvalue weighted by Gasteiger charge is 2.30. The van der Waals surface area contributed by atoms with Gasteiger partial charge < -0.3 is 4.90 Å². The van der Waals surface area contributed by atoms with Gasteiger partial charge in [-0.25, -0.2) is 4.39 Å². The van der Waals surface area contributed by atoms with Crippen LogP contribution in [0.3, 0.4) is 0 Å². The molecule has 3 rings (SSSR count). The van der Waals surface area contributed by atoms with Crippen LogP contribution in [-0.2, 0) is 6.42 Å². The van der Waals surface area contributed by atoms with Crippen LogP contribution in [-0.4, -0.2) is 22.3 Å². The van der Waals surface area contributed by atoms with Crippen molar-refractivity contribution in [1.82, 2.24) is 9.88 Å². The van der Waals surface area contributed by atoms with Crippen molar-refractivity contribution in [2.45, 2.75) is 19.4 Å². The monoisotopic (exact) mass is 276 g/mol. The molecule has 0 bridgehead atoms. The Balaban J connectivity index is 1.92. The number of rotatable bonds is 1. The molecule has 0 aliphatic carbocycles. The van der Waals surface area contributed by atoms with Crippen molar-refractivity contribution in [1.29, 1.82) is 0 Å². The highest BCUT2D eigenvalue weighted by molar-refractivity contribution is 7.10. The second-order valence-electron chi connectivity index (χ2n) is 4.58. The number of hydrogen-bond donors (Lipinski definition) is 0. The van der Waals surface area contributed by atoms with Crippen LogP contribution in [0.25, 0.3) is 0 Å². The second-order valence-corrected chi connectivity index (χ2v) is 5.58. The van der Waals surface area contributed by atoms with Crippen molar-refractivity contribution in [2.24, 2.45) is 0 Å². The Bertz CT molecular complexity index is 625. The standard InChI is InChI=1S/C14H13FN2OS/c1-9-10-4-7-19-13(10)3-6-17(9)14(18)11-2-5-16-8-12(11)15/h2,4-5,7-9H,3,6H2,1H3. The maximum Gasteiger partial charge on any atom is 0.257 e. The molecule has 2 aromatic rings. The van der Waals surface area contributed by atoms with Crippen LogP contribution >= 0.6 is 11.3 Å². The number of hydrogen-bond acceptors (Lipinski definition) is 3. The molecule has 3 heterocycles. The third kappa shape index (κ3) is 2.04. The van der Waals surface area contributed by atoms with E-state index in [9.17, 15) is 9.18 Å². The summed E-state index contributed by atoms with van der Waals surface area (Å²) in [6.45, 7) is 2.62. The Morgan fingerprint density at radius 2 is 2.37 bits per heavy atom. The lowest BCUT2D eigenvalue weighted by Crippen LogP contribution is -2.38. The zero-order valence-corrected chi connectivity index (χ0v) is 11.3. The van der Waals surface area contributed by atoms with Crippen LogP contribution in [0.5, 0.6) is 0 Å². The summed E-state index contributed by atoms with van der Waals surface area (Å²) in [7, 11) is 0. The molecular formula is C14H13FN2OS. The van der Waals surface area contributed by atoms with E-state index in [1.807, 2.05) is 18.4 Å². The van der Waals surface area contributed by atoms with Gasteiger partial charge in [0.15, 0.2) is 5.82 Å². The molecule has 1 aliphatic rings. The van der Waals surface area contributed by atoms with Gasteiger partial charge in [-0.05, 0) is 36.4 Å². The largest absolute Gasteiger partial charge is 0.331 e. The zero-order valence-electron chi connectivity index (χ0n) is 10.5. The van der Waals surface area contributed by atoms with Crippen molar-refractivity contribution in [2.75, 3.05) is 6.54 Å². The van der Waals surface area contributed by atoms with Gasteiger partial charge in [-0.1, -0.05) is 0 Å². The summed E-state index contributed by atoms with van der Waals surface area (Å²) in [6.07, 6.45) is 3.37. The van der Waals surface area contributed by atoms with E-state index < -0.39 is 5.82 Å². The number of halogens is 1. The summed E-state index contributed by atoms with van der Waals surface area (Å²) < 4.78 is 13.7. The summed E-state index contributed by atoms with van der Waals surface area (Å²) in [6, 6.07) is 3.48. The van der Waals surface area contributed by atoms with E-state index in [2.05, 4.69) is 4.98 Å². The molecule has 0 radical (unpaired) electrons. The smallest absolute Gasteiger partial charge is 0.257 e. The Labute approximate surface area is 114 Å². The molecule has 19 heavy (non-hydrogen) atoms. The average molecular weight is 276 g/mol. The van der Waals surface area contributed by atoms with E-state index in [-0.39, 0.29) is 17.5 Å². The van der Waals surface area contributed by atoms with Crippen LogP contribution in [0.1, 0.15) is 33.8 Å². The van der Waals surface area contributed by atoms with Crippen molar-refractivity contribution < 1.29 is 9.18 Å². The third-order valence-corrected chi connectivity index (χ3v) is 4.54. The normalized spacial score (nSPS) is 18.2. The molecule has 1 unspecified atom stereocenters. The number of fused-ring (bicyclic) bond motifs is 1. The fourth-order valence-corrected chi connectivity index (χ4v) is 3.45. The molecule has 0 fully saturated rings. The van der Waals surface area contributed by atoms with E-state index in [4.69, 9.17) is 0 Å². The number of amides is 1. The Kier molecular flexibility index (Phi) is 3.06. The Hall–Kier alpha value is -1.75.